The maximum Gasteiger partial charge on any atom is 0.305 e. The van der Waals surface area contributed by atoms with Gasteiger partial charge in [-0.3, -0.25) is 9.59 Å². The van der Waals surface area contributed by atoms with E-state index in [4.69, 9.17) is 4.74 Å². The van der Waals surface area contributed by atoms with Crippen LogP contribution in [0.4, 0.5) is 0 Å². The Labute approximate surface area is 501 Å². The van der Waals surface area contributed by atoms with Crippen LogP contribution in [-0.2, 0) is 14.3 Å². The Morgan fingerprint density at radius 1 is 0.338 bits per heavy atom. The molecule has 0 aliphatic heterocycles. The van der Waals surface area contributed by atoms with Gasteiger partial charge in [-0.05, 0) is 57.8 Å². The lowest BCUT2D eigenvalue weighted by molar-refractivity contribution is -0.143. The summed E-state index contributed by atoms with van der Waals surface area (Å²) in [6.45, 7) is 4.94. The molecule has 0 bridgehead atoms. The molecule has 0 aliphatic carbocycles. The number of hydrogen-bond acceptors (Lipinski definition) is 5. The Kier molecular flexibility index (Phi) is 68.4. The van der Waals surface area contributed by atoms with Gasteiger partial charge in [-0.25, -0.2) is 0 Å². The summed E-state index contributed by atoms with van der Waals surface area (Å²) in [5.41, 5.74) is 0. The molecule has 0 aromatic rings. The number of allylic oxidation sites excluding steroid dienone is 3. The highest BCUT2D eigenvalue weighted by Gasteiger charge is 2.18. The number of aliphatic hydroxyl groups excluding tert-OH is 2. The molecule has 2 atom stereocenters. The molecule has 3 N–H and O–H groups in total. The summed E-state index contributed by atoms with van der Waals surface area (Å²) < 4.78 is 5.48. The molecule has 80 heavy (non-hydrogen) atoms. The summed E-state index contributed by atoms with van der Waals surface area (Å²) in [4.78, 5) is 24.5. The smallest absolute Gasteiger partial charge is 0.305 e. The van der Waals surface area contributed by atoms with Crippen LogP contribution in [0.2, 0.25) is 0 Å². The fourth-order valence-corrected chi connectivity index (χ4v) is 11.6. The number of aliphatic hydroxyl groups is 2. The number of carbonyl (C=O) groups excluding carboxylic acids is 2. The summed E-state index contributed by atoms with van der Waals surface area (Å²) >= 11 is 0. The third-order valence-corrected chi connectivity index (χ3v) is 17.2. The van der Waals surface area contributed by atoms with Gasteiger partial charge in [0.2, 0.25) is 5.91 Å². The van der Waals surface area contributed by atoms with Gasteiger partial charge in [-0.15, -0.1) is 0 Å². The minimum absolute atomic E-state index is 0.0178. The van der Waals surface area contributed by atoms with Crippen molar-refractivity contribution in [3.63, 3.8) is 0 Å². The van der Waals surface area contributed by atoms with Crippen molar-refractivity contribution in [1.82, 2.24) is 5.32 Å². The molecule has 1 amide bonds. The van der Waals surface area contributed by atoms with Crippen LogP contribution in [0.25, 0.3) is 0 Å². The molecule has 0 spiro atoms. The van der Waals surface area contributed by atoms with E-state index in [1.54, 1.807) is 6.08 Å². The van der Waals surface area contributed by atoms with E-state index in [2.05, 4.69) is 31.3 Å². The molecule has 0 radical (unpaired) electrons. The van der Waals surface area contributed by atoms with Crippen molar-refractivity contribution in [3.05, 3.63) is 24.3 Å². The molecule has 6 nitrogen and oxygen atoms in total. The van der Waals surface area contributed by atoms with Crippen LogP contribution in [0, 0.1) is 0 Å². The first-order chi connectivity index (χ1) is 39.5. The van der Waals surface area contributed by atoms with Crippen molar-refractivity contribution in [1.29, 1.82) is 0 Å². The van der Waals surface area contributed by atoms with Gasteiger partial charge in [0.05, 0.1) is 25.4 Å². The summed E-state index contributed by atoms with van der Waals surface area (Å²) in [7, 11) is 0. The predicted molar refractivity (Wildman–Crippen MR) is 352 cm³/mol. The summed E-state index contributed by atoms with van der Waals surface area (Å²) in [6, 6.07) is -0.627. The molecule has 0 saturated carbocycles. The Hall–Kier alpha value is -1.66. The van der Waals surface area contributed by atoms with Gasteiger partial charge in [0, 0.05) is 12.8 Å². The second-order valence-corrected chi connectivity index (χ2v) is 25.3. The van der Waals surface area contributed by atoms with Crippen LogP contribution in [0.1, 0.15) is 412 Å². The first kappa shape index (κ1) is 78.3. The van der Waals surface area contributed by atoms with E-state index in [9.17, 15) is 19.8 Å². The summed E-state index contributed by atoms with van der Waals surface area (Å²) in [5, 5.41) is 23.3. The van der Waals surface area contributed by atoms with Crippen LogP contribution in [-0.4, -0.2) is 47.4 Å². The lowest BCUT2D eigenvalue weighted by Gasteiger charge is -2.20. The van der Waals surface area contributed by atoms with Crippen LogP contribution in [0.3, 0.4) is 0 Å². The fraction of sp³-hybridized carbons (Fsp3) is 0.919. The van der Waals surface area contributed by atoms with Crippen molar-refractivity contribution in [3.8, 4) is 0 Å². The Morgan fingerprint density at radius 2 is 0.588 bits per heavy atom. The van der Waals surface area contributed by atoms with Gasteiger partial charge < -0.3 is 20.3 Å². The van der Waals surface area contributed by atoms with Crippen molar-refractivity contribution in [2.24, 2.45) is 0 Å². The molecule has 0 aliphatic rings. The van der Waals surface area contributed by atoms with Gasteiger partial charge >= 0.3 is 5.97 Å². The maximum absolute atomic E-state index is 12.5. The molecule has 0 aromatic heterocycles. The highest BCUT2D eigenvalue weighted by Crippen LogP contribution is 2.19. The SMILES string of the molecule is CCCCCCCCCCCCCCCCCCCCC/C=C/C(O)C(CO)NC(=O)CCCCCCCCCCCCCCCCC/C=C\CCCCCCCCCCCCCCOC(=O)CCCCCCCCCCCCC. The van der Waals surface area contributed by atoms with E-state index in [0.717, 1.165) is 38.5 Å². The van der Waals surface area contributed by atoms with Gasteiger partial charge in [0.15, 0.2) is 0 Å². The number of hydrogen-bond donors (Lipinski definition) is 3. The van der Waals surface area contributed by atoms with Crippen LogP contribution >= 0.6 is 0 Å². The van der Waals surface area contributed by atoms with Crippen molar-refractivity contribution in [2.75, 3.05) is 13.2 Å². The minimum Gasteiger partial charge on any atom is -0.466 e. The molecule has 0 heterocycles. The van der Waals surface area contributed by atoms with E-state index in [-0.39, 0.29) is 18.5 Å². The lowest BCUT2D eigenvalue weighted by atomic mass is 10.0. The number of carbonyl (C=O) groups is 2. The molecule has 0 saturated heterocycles. The number of esters is 1. The standard InChI is InChI=1S/C74H143NO5/c1-3-5-7-9-11-13-15-16-17-18-19-31-34-37-40-43-47-50-54-58-62-66-72(77)71(70-76)75-73(78)67-63-59-55-51-48-44-41-38-35-32-29-27-25-23-21-20-22-24-26-28-30-33-36-39-42-45-49-53-57-61-65-69-80-74(79)68-64-60-56-52-46-14-12-10-8-6-4-2/h22,24,62,66,71-72,76-77H,3-21,23,25-61,63-65,67-70H2,1-2H3,(H,75,78)/b24-22-,66-62+. The zero-order valence-corrected chi connectivity index (χ0v) is 54.3. The number of amides is 1. The monoisotopic (exact) mass is 1130 g/mol. The highest BCUT2D eigenvalue weighted by atomic mass is 16.5. The zero-order chi connectivity index (χ0) is 57.8. The van der Waals surface area contributed by atoms with Crippen molar-refractivity contribution in [2.45, 2.75) is 424 Å². The van der Waals surface area contributed by atoms with Crippen molar-refractivity contribution < 1.29 is 24.5 Å². The Bertz CT molecular complexity index is 1250. The maximum atomic E-state index is 12.5. The van der Waals surface area contributed by atoms with Crippen LogP contribution < -0.4 is 5.32 Å². The first-order valence-corrected chi connectivity index (χ1v) is 36.6. The molecule has 6 heteroatoms. The van der Waals surface area contributed by atoms with E-state index in [1.807, 2.05) is 6.08 Å². The lowest BCUT2D eigenvalue weighted by Crippen LogP contribution is -2.45. The molecule has 0 rings (SSSR count). The largest absolute Gasteiger partial charge is 0.466 e. The zero-order valence-electron chi connectivity index (χ0n) is 54.3. The van der Waals surface area contributed by atoms with Gasteiger partial charge in [0.1, 0.15) is 0 Å². The normalized spacial score (nSPS) is 12.6. The summed E-state index contributed by atoms with van der Waals surface area (Å²) in [5.74, 6) is -0.0438. The van der Waals surface area contributed by atoms with E-state index in [1.165, 1.54) is 347 Å². The van der Waals surface area contributed by atoms with Gasteiger partial charge in [0.25, 0.3) is 0 Å². The van der Waals surface area contributed by atoms with Gasteiger partial charge in [-0.2, -0.15) is 0 Å². The predicted octanol–water partition coefficient (Wildman–Crippen LogP) is 23.7. The molecule has 2 unspecified atom stereocenters. The van der Waals surface area contributed by atoms with Gasteiger partial charge in [-0.1, -0.05) is 366 Å². The van der Waals surface area contributed by atoms with E-state index < -0.39 is 12.1 Å². The Balaban J connectivity index is 3.39. The third kappa shape index (κ3) is 65.5. The van der Waals surface area contributed by atoms with Crippen LogP contribution in [0.15, 0.2) is 24.3 Å². The second kappa shape index (κ2) is 69.8. The van der Waals surface area contributed by atoms with E-state index >= 15 is 0 Å². The molecule has 0 fully saturated rings. The molecule has 0 aromatic carbocycles. The Morgan fingerprint density at radius 3 is 0.887 bits per heavy atom. The second-order valence-electron chi connectivity index (χ2n) is 25.3. The third-order valence-electron chi connectivity index (χ3n) is 17.2. The highest BCUT2D eigenvalue weighted by molar-refractivity contribution is 5.76. The number of rotatable bonds is 69. The first-order valence-electron chi connectivity index (χ1n) is 36.6. The average Bonchev–Trinajstić information content (AvgIpc) is 3.46. The molecular weight excluding hydrogens is 983 g/mol. The van der Waals surface area contributed by atoms with E-state index in [0.29, 0.717) is 19.4 Å². The topological polar surface area (TPSA) is 95.9 Å². The quantitative estimate of drug-likeness (QED) is 0.0320. The number of nitrogens with one attached hydrogen (secondary N) is 1. The average molecular weight is 1130 g/mol. The molecule has 474 valence electrons. The van der Waals surface area contributed by atoms with Crippen molar-refractivity contribution >= 4 is 11.9 Å². The number of ether oxygens (including phenoxy) is 1. The fourth-order valence-electron chi connectivity index (χ4n) is 11.6. The number of unbranched alkanes of at least 4 members (excludes halogenated alkanes) is 56. The van der Waals surface area contributed by atoms with Crippen LogP contribution in [0.5, 0.6) is 0 Å². The minimum atomic E-state index is -0.844. The molecular formula is C74H143NO5. The summed E-state index contributed by atoms with van der Waals surface area (Å²) in [6.07, 6.45) is 88.4.